The van der Waals surface area contributed by atoms with E-state index in [9.17, 15) is 9.90 Å². The summed E-state index contributed by atoms with van der Waals surface area (Å²) in [4.78, 5) is 19.5. The molecule has 10 nitrogen and oxygen atoms in total. The lowest BCUT2D eigenvalue weighted by Crippen LogP contribution is -2.29. The number of anilines is 1. The molecule has 0 aliphatic heterocycles. The van der Waals surface area contributed by atoms with Gasteiger partial charge >= 0.3 is 5.97 Å². The summed E-state index contributed by atoms with van der Waals surface area (Å²) < 4.78 is 15.4. The number of carbonyl (C=O) groups is 1. The van der Waals surface area contributed by atoms with Gasteiger partial charge < -0.3 is 30.2 Å². The highest BCUT2D eigenvalue weighted by Crippen LogP contribution is 2.29. The number of nitrogens with one attached hydrogen (secondary N) is 1. The molecule has 0 radical (unpaired) electrons. The van der Waals surface area contributed by atoms with E-state index in [-0.39, 0.29) is 18.5 Å². The second-order valence-electron chi connectivity index (χ2n) is 8.40. The van der Waals surface area contributed by atoms with Crippen LogP contribution in [-0.2, 0) is 9.53 Å². The summed E-state index contributed by atoms with van der Waals surface area (Å²) in [6.45, 7) is 4.33. The fraction of sp³-hybridized carbons (Fsp3) is 0.440. The summed E-state index contributed by atoms with van der Waals surface area (Å²) in [5.74, 6) is 2.33. The summed E-state index contributed by atoms with van der Waals surface area (Å²) in [7, 11) is 3.22. The summed E-state index contributed by atoms with van der Waals surface area (Å²) >= 11 is 0. The normalized spacial score (nSPS) is 13.9. The molecule has 0 amide bonds. The van der Waals surface area contributed by atoms with E-state index in [0.29, 0.717) is 35.4 Å². The van der Waals surface area contributed by atoms with Crippen molar-refractivity contribution in [3.63, 3.8) is 0 Å². The van der Waals surface area contributed by atoms with Crippen LogP contribution in [0, 0.1) is 19.8 Å². The summed E-state index contributed by atoms with van der Waals surface area (Å²) in [6, 6.07) is 9.06. The van der Waals surface area contributed by atoms with Crippen molar-refractivity contribution in [3.8, 4) is 28.4 Å². The van der Waals surface area contributed by atoms with E-state index in [2.05, 4.69) is 25.2 Å². The topological polar surface area (TPSA) is 146 Å². The zero-order valence-electron chi connectivity index (χ0n) is 20.6. The van der Waals surface area contributed by atoms with E-state index in [1.54, 1.807) is 13.1 Å². The zero-order chi connectivity index (χ0) is 25.4. The van der Waals surface area contributed by atoms with E-state index < -0.39 is 6.10 Å². The molecule has 0 saturated heterocycles. The van der Waals surface area contributed by atoms with Gasteiger partial charge in [-0.3, -0.25) is 4.79 Å². The third kappa shape index (κ3) is 7.00. The SMILES string of the molecule is CNCC(O)COc1cccc(-c2nc(N)cc(-c3c(C)noc3C)n2)c1.COC(=O)C1CCC1. The van der Waals surface area contributed by atoms with Crippen LogP contribution in [0.25, 0.3) is 22.6 Å². The lowest BCUT2D eigenvalue weighted by molar-refractivity contribution is -0.148. The van der Waals surface area contributed by atoms with Crippen LogP contribution in [0.4, 0.5) is 5.82 Å². The molecule has 1 aliphatic carbocycles. The summed E-state index contributed by atoms with van der Waals surface area (Å²) in [6.07, 6.45) is 2.67. The smallest absolute Gasteiger partial charge is 0.308 e. The number of hydrogen-bond donors (Lipinski definition) is 3. The molecule has 3 aromatic rings. The summed E-state index contributed by atoms with van der Waals surface area (Å²) in [5, 5.41) is 16.7. The van der Waals surface area contributed by atoms with Crippen molar-refractivity contribution in [3.05, 3.63) is 41.8 Å². The maximum atomic E-state index is 10.6. The van der Waals surface area contributed by atoms with Crippen LogP contribution in [-0.4, -0.2) is 59.6 Å². The minimum atomic E-state index is -0.589. The van der Waals surface area contributed by atoms with E-state index >= 15 is 0 Å². The molecule has 1 aliphatic rings. The number of nitrogens with two attached hydrogens (primary N) is 1. The molecular weight excluding hydrogens is 450 g/mol. The van der Waals surface area contributed by atoms with Crippen molar-refractivity contribution < 1.29 is 23.9 Å². The first-order valence-electron chi connectivity index (χ1n) is 11.5. The average molecular weight is 484 g/mol. The van der Waals surface area contributed by atoms with Crippen LogP contribution in [0.5, 0.6) is 5.75 Å². The molecule has 1 atom stereocenters. The highest BCUT2D eigenvalue weighted by atomic mass is 16.5. The van der Waals surface area contributed by atoms with Gasteiger partial charge in [0.15, 0.2) is 5.82 Å². The van der Waals surface area contributed by atoms with Crippen molar-refractivity contribution in [1.82, 2.24) is 20.4 Å². The van der Waals surface area contributed by atoms with Crippen LogP contribution in [0.3, 0.4) is 0 Å². The van der Waals surface area contributed by atoms with Gasteiger partial charge in [0.2, 0.25) is 0 Å². The van der Waals surface area contributed by atoms with Crippen molar-refractivity contribution in [2.45, 2.75) is 39.2 Å². The number of ether oxygens (including phenoxy) is 2. The van der Waals surface area contributed by atoms with Gasteiger partial charge in [-0.2, -0.15) is 0 Å². The average Bonchev–Trinajstić information content (AvgIpc) is 3.14. The molecule has 1 unspecified atom stereocenters. The Morgan fingerprint density at radius 3 is 2.63 bits per heavy atom. The molecule has 188 valence electrons. The van der Waals surface area contributed by atoms with Crippen molar-refractivity contribution in [2.24, 2.45) is 5.92 Å². The molecule has 0 bridgehead atoms. The fourth-order valence-electron chi connectivity index (χ4n) is 3.59. The Morgan fingerprint density at radius 2 is 2.06 bits per heavy atom. The predicted molar refractivity (Wildman–Crippen MR) is 132 cm³/mol. The number of nitrogen functional groups attached to an aromatic ring is 1. The molecule has 2 aromatic heterocycles. The highest BCUT2D eigenvalue weighted by Gasteiger charge is 2.25. The summed E-state index contributed by atoms with van der Waals surface area (Å²) in [5.41, 5.74) is 8.97. The molecular formula is C25H33N5O5. The van der Waals surface area contributed by atoms with Crippen LogP contribution in [0.2, 0.25) is 0 Å². The lowest BCUT2D eigenvalue weighted by Gasteiger charge is -2.21. The quantitative estimate of drug-likeness (QED) is 0.409. The first kappa shape index (κ1) is 26.1. The first-order valence-corrected chi connectivity index (χ1v) is 11.5. The number of aliphatic hydroxyl groups excluding tert-OH is 1. The number of aliphatic hydroxyl groups is 1. The number of esters is 1. The van der Waals surface area contributed by atoms with Crippen LogP contribution in [0.15, 0.2) is 34.9 Å². The molecule has 1 saturated carbocycles. The molecule has 1 aromatic carbocycles. The van der Waals surface area contributed by atoms with E-state index in [1.165, 1.54) is 13.5 Å². The molecule has 4 N–H and O–H groups in total. The number of methoxy groups -OCH3 is 1. The van der Waals surface area contributed by atoms with E-state index in [0.717, 1.165) is 29.7 Å². The Morgan fingerprint density at radius 1 is 1.29 bits per heavy atom. The fourth-order valence-corrected chi connectivity index (χ4v) is 3.59. The number of aryl methyl sites for hydroxylation is 2. The standard InChI is InChI=1S/C19H23N5O3.C6H10O2/c1-11-18(12(2)27-24-11)16-8-17(20)23-19(22-16)13-5-4-6-15(7-13)26-10-14(25)9-21-3;1-8-6(7)5-3-2-4-5/h4-8,14,21,25H,9-10H2,1-3H3,(H2,20,22,23);5H,2-4H2,1H3. The van der Waals surface area contributed by atoms with Gasteiger partial charge in [0, 0.05) is 18.2 Å². The molecule has 35 heavy (non-hydrogen) atoms. The number of benzene rings is 1. The van der Waals surface area contributed by atoms with Gasteiger partial charge in [-0.15, -0.1) is 0 Å². The zero-order valence-corrected chi connectivity index (χ0v) is 20.6. The van der Waals surface area contributed by atoms with Gasteiger partial charge in [0.1, 0.15) is 30.0 Å². The number of rotatable bonds is 8. The molecule has 0 spiro atoms. The Hall–Kier alpha value is -3.50. The second-order valence-corrected chi connectivity index (χ2v) is 8.40. The Kier molecular flexibility index (Phi) is 9.16. The first-order chi connectivity index (χ1) is 16.8. The third-order valence-corrected chi connectivity index (χ3v) is 5.65. The molecule has 4 rings (SSSR count). The Balaban J connectivity index is 0.000000363. The van der Waals surface area contributed by atoms with E-state index in [4.69, 9.17) is 15.0 Å². The van der Waals surface area contributed by atoms with Gasteiger partial charge in [-0.05, 0) is 45.9 Å². The number of likely N-dealkylation sites (N-methyl/N-ethyl adjacent to an activating group) is 1. The van der Waals surface area contributed by atoms with Gasteiger partial charge in [0.05, 0.1) is 30.0 Å². The third-order valence-electron chi connectivity index (χ3n) is 5.65. The number of carbonyl (C=O) groups excluding carboxylic acids is 1. The number of nitrogens with zero attached hydrogens (tertiary/aromatic N) is 3. The van der Waals surface area contributed by atoms with Gasteiger partial charge in [-0.1, -0.05) is 23.7 Å². The molecule has 1 fully saturated rings. The van der Waals surface area contributed by atoms with Crippen molar-refractivity contribution >= 4 is 11.8 Å². The monoisotopic (exact) mass is 483 g/mol. The Bertz CT molecular complexity index is 1110. The maximum Gasteiger partial charge on any atom is 0.308 e. The molecule has 2 heterocycles. The van der Waals surface area contributed by atoms with Crippen molar-refractivity contribution in [1.29, 1.82) is 0 Å². The van der Waals surface area contributed by atoms with Crippen LogP contribution in [0.1, 0.15) is 30.7 Å². The minimum absolute atomic E-state index is 0.0312. The minimum Gasteiger partial charge on any atom is -0.491 e. The highest BCUT2D eigenvalue weighted by molar-refractivity contribution is 5.73. The van der Waals surface area contributed by atoms with Gasteiger partial charge in [0.25, 0.3) is 0 Å². The van der Waals surface area contributed by atoms with Crippen LogP contribution >= 0.6 is 0 Å². The van der Waals surface area contributed by atoms with E-state index in [1.807, 2.05) is 38.1 Å². The number of hydrogen-bond acceptors (Lipinski definition) is 10. The lowest BCUT2D eigenvalue weighted by atomic mass is 9.86. The maximum absolute atomic E-state index is 10.6. The van der Waals surface area contributed by atoms with Gasteiger partial charge in [-0.25, -0.2) is 9.97 Å². The van der Waals surface area contributed by atoms with Crippen molar-refractivity contribution in [2.75, 3.05) is 33.0 Å². The Labute approximate surface area is 204 Å². The number of aromatic nitrogens is 3. The predicted octanol–water partition coefficient (Wildman–Crippen LogP) is 2.92. The van der Waals surface area contributed by atoms with Crippen LogP contribution < -0.4 is 15.8 Å². The largest absolute Gasteiger partial charge is 0.491 e. The second kappa shape index (κ2) is 12.3. The molecule has 10 heteroatoms.